The van der Waals surface area contributed by atoms with Gasteiger partial charge in [0, 0.05) is 13.1 Å². The molecule has 0 spiro atoms. The molecule has 19 heavy (non-hydrogen) atoms. The van der Waals surface area contributed by atoms with E-state index in [0.717, 1.165) is 5.56 Å². The first-order valence-corrected chi connectivity index (χ1v) is 5.90. The van der Waals surface area contributed by atoms with Crippen LogP contribution in [0.25, 0.3) is 0 Å². The molecule has 0 aliphatic carbocycles. The van der Waals surface area contributed by atoms with Crippen LogP contribution in [0.2, 0.25) is 0 Å². The van der Waals surface area contributed by atoms with E-state index in [4.69, 9.17) is 9.84 Å². The Bertz CT molecular complexity index is 446. The second kappa shape index (κ2) is 7.38. The monoisotopic (exact) mass is 266 g/mol. The highest BCUT2D eigenvalue weighted by atomic mass is 16.5. The third-order valence-electron chi connectivity index (χ3n) is 2.35. The van der Waals surface area contributed by atoms with Gasteiger partial charge in [-0.25, -0.2) is 0 Å². The van der Waals surface area contributed by atoms with Gasteiger partial charge in [-0.15, -0.1) is 0 Å². The van der Waals surface area contributed by atoms with Gasteiger partial charge in [0.15, 0.2) is 0 Å². The Kier molecular flexibility index (Phi) is 5.81. The summed E-state index contributed by atoms with van der Waals surface area (Å²) in [6.07, 6.45) is -0.685. The average molecular weight is 266 g/mol. The Morgan fingerprint density at radius 1 is 1.32 bits per heavy atom. The van der Waals surface area contributed by atoms with Crippen LogP contribution in [0.15, 0.2) is 24.3 Å². The summed E-state index contributed by atoms with van der Waals surface area (Å²) >= 11 is 0. The molecule has 6 nitrogen and oxygen atoms in total. The van der Waals surface area contributed by atoms with E-state index in [1.165, 1.54) is 6.92 Å². The zero-order valence-corrected chi connectivity index (χ0v) is 11.0. The Morgan fingerprint density at radius 2 is 2.00 bits per heavy atom. The first-order valence-electron chi connectivity index (χ1n) is 5.90. The standard InChI is InChI=1S/C13H18N2O4/c1-9(16)7-14-12(17)13(18)15-8-10-4-3-5-11(6-10)19-2/h3-6,9,16H,7-8H2,1-2H3,(H,14,17)(H,15,18)/t9-/m1/s1. The van der Waals surface area contributed by atoms with Crippen molar-refractivity contribution < 1.29 is 19.4 Å². The summed E-state index contributed by atoms with van der Waals surface area (Å²) in [4.78, 5) is 22.8. The van der Waals surface area contributed by atoms with Gasteiger partial charge >= 0.3 is 11.8 Å². The highest BCUT2D eigenvalue weighted by Crippen LogP contribution is 2.11. The maximum Gasteiger partial charge on any atom is 0.309 e. The van der Waals surface area contributed by atoms with Gasteiger partial charge in [-0.3, -0.25) is 9.59 Å². The fourth-order valence-electron chi connectivity index (χ4n) is 1.37. The van der Waals surface area contributed by atoms with E-state index in [-0.39, 0.29) is 13.1 Å². The minimum absolute atomic E-state index is 0.0470. The molecule has 0 saturated carbocycles. The quantitative estimate of drug-likeness (QED) is 0.645. The van der Waals surface area contributed by atoms with E-state index < -0.39 is 17.9 Å². The van der Waals surface area contributed by atoms with Gasteiger partial charge in [-0.05, 0) is 24.6 Å². The molecular weight excluding hydrogens is 248 g/mol. The number of benzene rings is 1. The van der Waals surface area contributed by atoms with E-state index >= 15 is 0 Å². The van der Waals surface area contributed by atoms with Crippen LogP contribution in [0.4, 0.5) is 0 Å². The molecular formula is C13H18N2O4. The Labute approximate surface area is 111 Å². The van der Waals surface area contributed by atoms with Crippen LogP contribution in [-0.4, -0.2) is 36.7 Å². The van der Waals surface area contributed by atoms with Crippen LogP contribution in [-0.2, 0) is 16.1 Å². The summed E-state index contributed by atoms with van der Waals surface area (Å²) in [5.74, 6) is -0.808. The first kappa shape index (κ1) is 15.0. The molecule has 1 rings (SSSR count). The summed E-state index contributed by atoms with van der Waals surface area (Å²) in [5.41, 5.74) is 0.830. The van der Waals surface area contributed by atoms with Crippen molar-refractivity contribution in [2.75, 3.05) is 13.7 Å². The summed E-state index contributed by atoms with van der Waals surface area (Å²) in [7, 11) is 1.56. The molecule has 1 aromatic rings. The minimum Gasteiger partial charge on any atom is -0.497 e. The fourth-order valence-corrected chi connectivity index (χ4v) is 1.37. The number of aliphatic hydroxyl groups excluding tert-OH is 1. The van der Waals surface area contributed by atoms with Crippen molar-refractivity contribution in [3.8, 4) is 5.75 Å². The van der Waals surface area contributed by atoms with E-state index in [9.17, 15) is 9.59 Å². The molecule has 0 aliphatic rings. The Balaban J connectivity index is 2.42. The van der Waals surface area contributed by atoms with E-state index in [2.05, 4.69) is 10.6 Å². The van der Waals surface area contributed by atoms with E-state index in [1.54, 1.807) is 25.3 Å². The van der Waals surface area contributed by atoms with Crippen LogP contribution in [0.5, 0.6) is 5.75 Å². The maximum atomic E-state index is 11.4. The van der Waals surface area contributed by atoms with E-state index in [1.807, 2.05) is 6.07 Å². The van der Waals surface area contributed by atoms with Crippen molar-refractivity contribution in [3.63, 3.8) is 0 Å². The lowest BCUT2D eigenvalue weighted by atomic mass is 10.2. The summed E-state index contributed by atoms with van der Waals surface area (Å²) in [6.45, 7) is 1.80. The highest BCUT2D eigenvalue weighted by molar-refractivity contribution is 6.35. The molecule has 0 saturated heterocycles. The fraction of sp³-hybridized carbons (Fsp3) is 0.385. The SMILES string of the molecule is COc1cccc(CNC(=O)C(=O)NC[C@@H](C)O)c1. The number of carbonyl (C=O) groups is 2. The topological polar surface area (TPSA) is 87.7 Å². The molecule has 0 unspecified atom stereocenters. The van der Waals surface area contributed by atoms with Crippen molar-refractivity contribution in [1.82, 2.24) is 10.6 Å². The molecule has 1 aromatic carbocycles. The van der Waals surface area contributed by atoms with E-state index in [0.29, 0.717) is 5.75 Å². The second-order valence-corrected chi connectivity index (χ2v) is 4.09. The van der Waals surface area contributed by atoms with Crippen molar-refractivity contribution >= 4 is 11.8 Å². The number of rotatable bonds is 5. The average Bonchev–Trinajstić information content (AvgIpc) is 2.42. The normalized spacial score (nSPS) is 11.5. The molecule has 0 aliphatic heterocycles. The molecule has 1 atom stereocenters. The number of hydrogen-bond acceptors (Lipinski definition) is 4. The minimum atomic E-state index is -0.760. The third kappa shape index (κ3) is 5.39. The lowest BCUT2D eigenvalue weighted by Gasteiger charge is -2.08. The van der Waals surface area contributed by atoms with Crippen molar-refractivity contribution in [1.29, 1.82) is 0 Å². The number of aliphatic hydroxyl groups is 1. The van der Waals surface area contributed by atoms with Crippen LogP contribution < -0.4 is 15.4 Å². The summed E-state index contributed by atoms with van der Waals surface area (Å²) < 4.78 is 5.05. The first-order chi connectivity index (χ1) is 9.02. The maximum absolute atomic E-state index is 11.4. The largest absolute Gasteiger partial charge is 0.497 e. The van der Waals surface area contributed by atoms with Crippen LogP contribution in [0, 0.1) is 0 Å². The molecule has 2 amide bonds. The number of carbonyl (C=O) groups excluding carboxylic acids is 2. The van der Waals surface area contributed by atoms with Crippen molar-refractivity contribution in [2.24, 2.45) is 0 Å². The summed E-state index contributed by atoms with van der Waals surface area (Å²) in [5, 5.41) is 13.8. The predicted octanol–water partition coefficient (Wildman–Crippen LogP) is -0.192. The van der Waals surface area contributed by atoms with Gasteiger partial charge in [0.05, 0.1) is 13.2 Å². The van der Waals surface area contributed by atoms with Gasteiger partial charge < -0.3 is 20.5 Å². The highest BCUT2D eigenvalue weighted by Gasteiger charge is 2.13. The third-order valence-corrected chi connectivity index (χ3v) is 2.35. The second-order valence-electron chi connectivity index (χ2n) is 4.09. The zero-order valence-electron chi connectivity index (χ0n) is 11.0. The number of amides is 2. The Hall–Kier alpha value is -2.08. The predicted molar refractivity (Wildman–Crippen MR) is 69.5 cm³/mol. The van der Waals surface area contributed by atoms with Crippen molar-refractivity contribution in [3.05, 3.63) is 29.8 Å². The molecule has 0 fully saturated rings. The van der Waals surface area contributed by atoms with Gasteiger partial charge in [0.2, 0.25) is 0 Å². The molecule has 0 heterocycles. The number of methoxy groups -OCH3 is 1. The number of nitrogens with one attached hydrogen (secondary N) is 2. The summed E-state index contributed by atoms with van der Waals surface area (Å²) in [6, 6.07) is 7.18. The zero-order chi connectivity index (χ0) is 14.3. The van der Waals surface area contributed by atoms with Crippen LogP contribution in [0.3, 0.4) is 0 Å². The van der Waals surface area contributed by atoms with Gasteiger partial charge in [-0.2, -0.15) is 0 Å². The van der Waals surface area contributed by atoms with Gasteiger partial charge in [0.25, 0.3) is 0 Å². The smallest absolute Gasteiger partial charge is 0.309 e. The number of ether oxygens (including phenoxy) is 1. The van der Waals surface area contributed by atoms with Gasteiger partial charge in [0.1, 0.15) is 5.75 Å². The molecule has 104 valence electrons. The lowest BCUT2D eigenvalue weighted by molar-refractivity contribution is -0.139. The Morgan fingerprint density at radius 3 is 2.63 bits per heavy atom. The van der Waals surface area contributed by atoms with Crippen molar-refractivity contribution in [2.45, 2.75) is 19.6 Å². The lowest BCUT2D eigenvalue weighted by Crippen LogP contribution is -2.42. The van der Waals surface area contributed by atoms with Gasteiger partial charge in [-0.1, -0.05) is 12.1 Å². The molecule has 3 N–H and O–H groups in total. The van der Waals surface area contributed by atoms with Crippen LogP contribution >= 0.6 is 0 Å². The number of hydrogen-bond donors (Lipinski definition) is 3. The molecule has 0 radical (unpaired) electrons. The molecule has 0 aromatic heterocycles. The molecule has 6 heteroatoms. The van der Waals surface area contributed by atoms with Crippen LogP contribution in [0.1, 0.15) is 12.5 Å². The molecule has 0 bridgehead atoms.